The Morgan fingerprint density at radius 2 is 2.38 bits per heavy atom. The maximum absolute atomic E-state index is 13.1. The highest BCUT2D eigenvalue weighted by atomic mass is 19.1. The summed E-state index contributed by atoms with van der Waals surface area (Å²) in [6, 6.07) is 6.15. The molecule has 1 saturated heterocycles. The zero-order chi connectivity index (χ0) is 14.7. The second kappa shape index (κ2) is 6.01. The molecule has 1 aliphatic heterocycles. The first kappa shape index (κ1) is 13.7. The second-order valence-electron chi connectivity index (χ2n) is 5.12. The molecule has 1 atom stereocenters. The van der Waals surface area contributed by atoms with Gasteiger partial charge in [-0.1, -0.05) is 11.3 Å². The van der Waals surface area contributed by atoms with E-state index < -0.39 is 0 Å². The van der Waals surface area contributed by atoms with Gasteiger partial charge in [-0.25, -0.2) is 9.07 Å². The number of nitrogens with one attached hydrogen (secondary N) is 1. The molecular formula is C14H16FN5O. The summed E-state index contributed by atoms with van der Waals surface area (Å²) in [4.78, 5) is 14.0. The number of hydrogen-bond donors (Lipinski definition) is 1. The van der Waals surface area contributed by atoms with Crippen LogP contribution in [-0.2, 0) is 4.79 Å². The maximum Gasteiger partial charge on any atom is 0.238 e. The van der Waals surface area contributed by atoms with Gasteiger partial charge in [0.05, 0.1) is 18.8 Å². The van der Waals surface area contributed by atoms with Crippen LogP contribution in [0.3, 0.4) is 0 Å². The van der Waals surface area contributed by atoms with E-state index in [0.29, 0.717) is 12.2 Å². The molecule has 0 aliphatic carbocycles. The number of nitrogens with zero attached hydrogens (tertiary/aromatic N) is 4. The summed E-state index contributed by atoms with van der Waals surface area (Å²) in [6.45, 7) is 1.89. The first-order valence-corrected chi connectivity index (χ1v) is 6.84. The number of carbonyl (C=O) groups excluding carboxylic acids is 1. The molecule has 21 heavy (non-hydrogen) atoms. The van der Waals surface area contributed by atoms with Gasteiger partial charge in [-0.05, 0) is 24.6 Å². The quantitative estimate of drug-likeness (QED) is 0.921. The van der Waals surface area contributed by atoms with Crippen LogP contribution in [0, 0.1) is 5.82 Å². The highest BCUT2D eigenvalue weighted by Gasteiger charge is 2.25. The van der Waals surface area contributed by atoms with E-state index in [1.165, 1.54) is 12.1 Å². The molecule has 2 aromatic rings. The van der Waals surface area contributed by atoms with Crippen molar-refractivity contribution in [3.8, 4) is 0 Å². The van der Waals surface area contributed by atoms with Crippen LogP contribution in [0.15, 0.2) is 36.7 Å². The van der Waals surface area contributed by atoms with Crippen molar-refractivity contribution in [3.05, 3.63) is 42.5 Å². The Morgan fingerprint density at radius 1 is 1.48 bits per heavy atom. The zero-order valence-corrected chi connectivity index (χ0v) is 11.4. The molecular weight excluding hydrogens is 273 g/mol. The normalized spacial score (nSPS) is 18.8. The monoisotopic (exact) mass is 289 g/mol. The molecule has 1 aromatic heterocycles. The molecule has 1 aliphatic rings. The predicted octanol–water partition coefficient (Wildman–Crippen LogP) is 1.30. The Balaban J connectivity index is 1.52. The fraction of sp³-hybridized carbons (Fsp3) is 0.357. The molecule has 1 fully saturated rings. The number of benzene rings is 1. The number of rotatable bonds is 4. The summed E-state index contributed by atoms with van der Waals surface area (Å²) < 4.78 is 14.9. The Hall–Kier alpha value is -2.28. The van der Waals surface area contributed by atoms with Gasteiger partial charge >= 0.3 is 0 Å². The van der Waals surface area contributed by atoms with Crippen molar-refractivity contribution in [2.24, 2.45) is 0 Å². The highest BCUT2D eigenvalue weighted by Crippen LogP contribution is 2.20. The van der Waals surface area contributed by atoms with E-state index >= 15 is 0 Å². The fourth-order valence-corrected chi connectivity index (χ4v) is 2.55. The SMILES string of the molecule is O=C(CN1CCC(n2ccnn2)C1)Nc1cccc(F)c1. The summed E-state index contributed by atoms with van der Waals surface area (Å²) in [5.74, 6) is -0.500. The molecule has 0 spiro atoms. The lowest BCUT2D eigenvalue weighted by atomic mass is 10.3. The molecule has 2 heterocycles. The standard InChI is InChI=1S/C14H16FN5O/c15-11-2-1-3-12(8-11)17-14(21)10-19-6-4-13(9-19)20-7-5-16-18-20/h1-3,5,7-8,13H,4,6,9-10H2,(H,17,21). The number of carbonyl (C=O) groups is 1. The Kier molecular flexibility index (Phi) is 3.92. The topological polar surface area (TPSA) is 63.1 Å². The van der Waals surface area contributed by atoms with Gasteiger partial charge in [0.2, 0.25) is 5.91 Å². The predicted molar refractivity (Wildman–Crippen MR) is 75.1 cm³/mol. The molecule has 1 N–H and O–H groups in total. The summed E-state index contributed by atoms with van der Waals surface area (Å²) in [5.41, 5.74) is 0.479. The number of halogens is 1. The van der Waals surface area contributed by atoms with Gasteiger partial charge in [0.1, 0.15) is 5.82 Å². The molecule has 110 valence electrons. The lowest BCUT2D eigenvalue weighted by Gasteiger charge is -2.15. The first-order chi connectivity index (χ1) is 10.2. The molecule has 1 aromatic carbocycles. The Bertz CT molecular complexity index is 616. The Labute approximate surface area is 121 Å². The van der Waals surface area contributed by atoms with Crippen LogP contribution in [0.2, 0.25) is 0 Å². The van der Waals surface area contributed by atoms with Gasteiger partial charge in [0.15, 0.2) is 0 Å². The van der Waals surface area contributed by atoms with Crippen LogP contribution in [0.4, 0.5) is 10.1 Å². The molecule has 1 unspecified atom stereocenters. The lowest BCUT2D eigenvalue weighted by molar-refractivity contribution is -0.117. The lowest BCUT2D eigenvalue weighted by Crippen LogP contribution is -2.32. The number of hydrogen-bond acceptors (Lipinski definition) is 4. The minimum absolute atomic E-state index is 0.139. The van der Waals surface area contributed by atoms with Crippen molar-refractivity contribution >= 4 is 11.6 Å². The van der Waals surface area contributed by atoms with Gasteiger partial charge in [-0.15, -0.1) is 5.10 Å². The van der Waals surface area contributed by atoms with Crippen molar-refractivity contribution in [2.45, 2.75) is 12.5 Å². The largest absolute Gasteiger partial charge is 0.325 e. The summed E-state index contributed by atoms with van der Waals surface area (Å²) in [6.07, 6.45) is 4.43. The molecule has 7 heteroatoms. The number of aromatic nitrogens is 3. The molecule has 3 rings (SSSR count). The van der Waals surface area contributed by atoms with E-state index in [1.807, 2.05) is 10.9 Å². The minimum Gasteiger partial charge on any atom is -0.325 e. The second-order valence-corrected chi connectivity index (χ2v) is 5.12. The van der Waals surface area contributed by atoms with Crippen LogP contribution in [-0.4, -0.2) is 45.4 Å². The van der Waals surface area contributed by atoms with Gasteiger partial charge in [0, 0.05) is 25.0 Å². The fourth-order valence-electron chi connectivity index (χ4n) is 2.55. The van der Waals surface area contributed by atoms with Crippen molar-refractivity contribution < 1.29 is 9.18 Å². The number of likely N-dealkylation sites (tertiary alicyclic amines) is 1. The van der Waals surface area contributed by atoms with E-state index in [0.717, 1.165) is 19.5 Å². The molecule has 0 bridgehead atoms. The zero-order valence-electron chi connectivity index (χ0n) is 11.4. The van der Waals surface area contributed by atoms with Crippen molar-refractivity contribution in [1.82, 2.24) is 19.9 Å². The smallest absolute Gasteiger partial charge is 0.238 e. The van der Waals surface area contributed by atoms with E-state index in [9.17, 15) is 9.18 Å². The molecule has 0 saturated carbocycles. The third kappa shape index (κ3) is 3.43. The average Bonchev–Trinajstić information content (AvgIpc) is 3.08. The third-order valence-corrected chi connectivity index (χ3v) is 3.54. The average molecular weight is 289 g/mol. The van der Waals surface area contributed by atoms with Crippen LogP contribution in [0.5, 0.6) is 0 Å². The number of amides is 1. The Morgan fingerprint density at radius 3 is 3.14 bits per heavy atom. The molecule has 1 amide bonds. The third-order valence-electron chi connectivity index (χ3n) is 3.54. The van der Waals surface area contributed by atoms with Gasteiger partial charge in [-0.3, -0.25) is 9.69 Å². The maximum atomic E-state index is 13.1. The minimum atomic E-state index is -0.361. The van der Waals surface area contributed by atoms with E-state index in [4.69, 9.17) is 0 Å². The van der Waals surface area contributed by atoms with Crippen molar-refractivity contribution in [2.75, 3.05) is 25.0 Å². The van der Waals surface area contributed by atoms with Gasteiger partial charge in [-0.2, -0.15) is 0 Å². The summed E-state index contributed by atoms with van der Waals surface area (Å²) in [7, 11) is 0. The molecule has 0 radical (unpaired) electrons. The van der Waals surface area contributed by atoms with E-state index in [1.54, 1.807) is 18.3 Å². The van der Waals surface area contributed by atoms with Crippen LogP contribution in [0.1, 0.15) is 12.5 Å². The van der Waals surface area contributed by atoms with E-state index in [-0.39, 0.29) is 17.8 Å². The van der Waals surface area contributed by atoms with E-state index in [2.05, 4.69) is 20.5 Å². The molecule has 6 nitrogen and oxygen atoms in total. The van der Waals surface area contributed by atoms with Gasteiger partial charge in [0.25, 0.3) is 0 Å². The highest BCUT2D eigenvalue weighted by molar-refractivity contribution is 5.92. The summed E-state index contributed by atoms with van der Waals surface area (Å²) >= 11 is 0. The van der Waals surface area contributed by atoms with Crippen LogP contribution >= 0.6 is 0 Å². The van der Waals surface area contributed by atoms with Crippen LogP contribution in [0.25, 0.3) is 0 Å². The van der Waals surface area contributed by atoms with Crippen LogP contribution < -0.4 is 5.32 Å². The van der Waals surface area contributed by atoms with Gasteiger partial charge < -0.3 is 5.32 Å². The summed E-state index contributed by atoms with van der Waals surface area (Å²) in [5, 5.41) is 10.5. The first-order valence-electron chi connectivity index (χ1n) is 6.84. The van der Waals surface area contributed by atoms with Crippen molar-refractivity contribution in [1.29, 1.82) is 0 Å². The van der Waals surface area contributed by atoms with Crippen molar-refractivity contribution in [3.63, 3.8) is 0 Å². The number of anilines is 1.